The van der Waals surface area contributed by atoms with Crippen LogP contribution in [0.1, 0.15) is 75.2 Å². The number of H-pyrrole nitrogens is 2. The van der Waals surface area contributed by atoms with Gasteiger partial charge in [0.2, 0.25) is 17.6 Å². The Morgan fingerprint density at radius 2 is 1.05 bits per heavy atom. The highest BCUT2D eigenvalue weighted by Crippen LogP contribution is 2.41. The summed E-state index contributed by atoms with van der Waals surface area (Å²) < 4.78 is 83.0. The predicted molar refractivity (Wildman–Crippen MR) is 319 cm³/mol. The summed E-state index contributed by atoms with van der Waals surface area (Å²) in [4.78, 5) is 74.0. The van der Waals surface area contributed by atoms with Crippen LogP contribution in [0.3, 0.4) is 0 Å². The molecule has 0 bridgehead atoms. The number of benzene rings is 3. The van der Waals surface area contributed by atoms with E-state index < -0.39 is 40.4 Å². The lowest BCUT2D eigenvalue weighted by Gasteiger charge is -2.43. The van der Waals surface area contributed by atoms with Crippen molar-refractivity contribution in [2.24, 2.45) is 0 Å². The van der Waals surface area contributed by atoms with Gasteiger partial charge in [-0.2, -0.15) is 4.39 Å². The molecule has 0 spiro atoms. The zero-order valence-corrected chi connectivity index (χ0v) is 50.0. The third kappa shape index (κ3) is 13.9. The van der Waals surface area contributed by atoms with Crippen LogP contribution < -0.4 is 41.0 Å². The van der Waals surface area contributed by atoms with Crippen molar-refractivity contribution in [2.45, 2.75) is 102 Å². The van der Waals surface area contributed by atoms with Crippen molar-refractivity contribution in [2.75, 3.05) is 128 Å². The molecule has 22 heteroatoms. The summed E-state index contributed by atoms with van der Waals surface area (Å²) in [5.74, 6) is -3.43. The molecule has 2 aromatic heterocycles. The zero-order chi connectivity index (χ0) is 60.6. The standard InChI is InChI=1S/C64H80F4N10O8/c1-39-27-75(33-55(79)77-37-63(3,4)59-52(77)23-43(61(81)71-59)21-41-7-11-45(65)12-8-41)47(25-69-39)29-73-17-19-83-49(31-73)35-85-54-16-15-51(67)58(57(54)68)86-36-50-32-74(18-20-84-50)30-48-26-70-40(2)28-76(48)34-56(80)78-38-64(5,6)60-53(78)24-44(62(82)72-60)22-42-9-13-46(66)14-10-42/h7-16,23-24,39-40,47-50,69-70H,17-22,25-38H2,1-6H3,(H,71,81)(H,72,82)/t39-,40-,47-,48-,49+,50+/m1/s1. The van der Waals surface area contributed by atoms with Crippen LogP contribution in [0, 0.1) is 23.3 Å². The van der Waals surface area contributed by atoms with Crippen LogP contribution in [-0.2, 0) is 42.7 Å². The van der Waals surface area contributed by atoms with Crippen LogP contribution in [0.5, 0.6) is 11.5 Å². The first-order valence-corrected chi connectivity index (χ1v) is 30.1. The monoisotopic (exact) mass is 1190 g/mol. The lowest BCUT2D eigenvalue weighted by Crippen LogP contribution is -2.62. The molecular formula is C64H80F4N10O8. The minimum atomic E-state index is -0.963. The summed E-state index contributed by atoms with van der Waals surface area (Å²) in [5.41, 5.74) is 3.90. The van der Waals surface area contributed by atoms with Gasteiger partial charge in [-0.15, -0.1) is 0 Å². The second-order valence-electron chi connectivity index (χ2n) is 25.7. The SMILES string of the molecule is C[C@@H]1CN(CC(=O)N2CC(C)(C)c3[nH]c(=O)c(Cc4ccc(F)cc4)cc32)[C@@H](CN2CCO[C@H](COc3ccc(F)c(OC[C@@H]4CN(C[C@H]5CN[C@H](C)CN5CC(=O)N5CC(C)(C)c6[nH]c(=O)c(Cc7ccc(F)cc7)cc65)CCO4)c3F)C2)CN1. The maximum Gasteiger partial charge on any atom is 0.251 e. The Morgan fingerprint density at radius 3 is 1.50 bits per heavy atom. The quantitative estimate of drug-likeness (QED) is 0.0868. The number of nitrogens with zero attached hydrogens (tertiary/aromatic N) is 6. The fraction of sp³-hybridized carbons (Fsp3) is 0.531. The number of hydrogen-bond acceptors (Lipinski definition) is 14. The molecule has 86 heavy (non-hydrogen) atoms. The average molecular weight is 1190 g/mol. The van der Waals surface area contributed by atoms with Crippen LogP contribution in [0.4, 0.5) is 28.9 Å². The van der Waals surface area contributed by atoms with E-state index >= 15 is 8.78 Å². The molecule has 2 amide bonds. The molecule has 11 rings (SSSR count). The molecule has 8 heterocycles. The number of halogens is 4. The van der Waals surface area contributed by atoms with Gasteiger partial charge in [-0.05, 0) is 73.5 Å². The Labute approximate surface area is 499 Å². The Balaban J connectivity index is 0.669. The second-order valence-corrected chi connectivity index (χ2v) is 25.7. The molecule has 4 fully saturated rings. The number of carbonyl (C=O) groups is 2. The molecular weight excluding hydrogens is 1110 g/mol. The van der Waals surface area contributed by atoms with E-state index in [1.54, 1.807) is 40.1 Å². The summed E-state index contributed by atoms with van der Waals surface area (Å²) in [6.45, 7) is 20.0. The van der Waals surface area contributed by atoms with Crippen LogP contribution in [0.25, 0.3) is 0 Å². The van der Waals surface area contributed by atoms with Gasteiger partial charge in [0.1, 0.15) is 37.1 Å². The van der Waals surface area contributed by atoms with Gasteiger partial charge >= 0.3 is 0 Å². The van der Waals surface area contributed by atoms with Gasteiger partial charge in [0.25, 0.3) is 11.1 Å². The molecule has 6 aliphatic heterocycles. The van der Waals surface area contributed by atoms with E-state index in [2.05, 4.69) is 54.0 Å². The van der Waals surface area contributed by atoms with Gasteiger partial charge in [-0.3, -0.25) is 38.8 Å². The summed E-state index contributed by atoms with van der Waals surface area (Å²) in [6.07, 6.45) is -0.351. The molecule has 0 unspecified atom stereocenters. The van der Waals surface area contributed by atoms with E-state index in [0.29, 0.717) is 138 Å². The molecule has 3 aromatic carbocycles. The maximum absolute atomic E-state index is 16.2. The third-order valence-electron chi connectivity index (χ3n) is 17.8. The van der Waals surface area contributed by atoms with Crippen molar-refractivity contribution in [1.29, 1.82) is 0 Å². The summed E-state index contributed by atoms with van der Waals surface area (Å²) >= 11 is 0. The van der Waals surface area contributed by atoms with Crippen molar-refractivity contribution in [1.82, 2.24) is 40.2 Å². The number of aromatic nitrogens is 2. The molecule has 0 aliphatic carbocycles. The van der Waals surface area contributed by atoms with Crippen LogP contribution in [0.2, 0.25) is 0 Å². The number of morpholine rings is 2. The Hall–Kier alpha value is -6.50. The minimum Gasteiger partial charge on any atom is -0.488 e. The number of piperazine rings is 2. The molecule has 6 aliphatic rings. The second kappa shape index (κ2) is 25.7. The first kappa shape index (κ1) is 61.2. The maximum atomic E-state index is 16.2. The van der Waals surface area contributed by atoms with Gasteiger partial charge in [0.05, 0.1) is 37.7 Å². The van der Waals surface area contributed by atoms with E-state index in [1.807, 2.05) is 33.8 Å². The molecule has 6 atom stereocenters. The third-order valence-corrected chi connectivity index (χ3v) is 17.8. The van der Waals surface area contributed by atoms with Crippen molar-refractivity contribution in [3.63, 3.8) is 0 Å². The number of pyridine rings is 2. The van der Waals surface area contributed by atoms with E-state index in [4.69, 9.17) is 18.9 Å². The summed E-state index contributed by atoms with van der Waals surface area (Å²) in [6, 6.07) is 18.3. The van der Waals surface area contributed by atoms with Crippen molar-refractivity contribution in [3.05, 3.63) is 150 Å². The predicted octanol–water partition coefficient (Wildman–Crippen LogP) is 4.93. The highest BCUT2D eigenvalue weighted by Gasteiger charge is 2.43. The number of amides is 2. The summed E-state index contributed by atoms with van der Waals surface area (Å²) in [5, 5.41) is 7.15. The Kier molecular flexibility index (Phi) is 18.3. The van der Waals surface area contributed by atoms with Gasteiger partial charge in [-0.1, -0.05) is 52.0 Å². The van der Waals surface area contributed by atoms with E-state index in [-0.39, 0.29) is 90.8 Å². The smallest absolute Gasteiger partial charge is 0.251 e. The minimum absolute atomic E-state index is 0.00187. The highest BCUT2D eigenvalue weighted by molar-refractivity contribution is 5.98. The normalized spacial score (nSPS) is 24.4. The van der Waals surface area contributed by atoms with E-state index in [1.165, 1.54) is 30.3 Å². The molecule has 0 saturated carbocycles. The molecule has 462 valence electrons. The Morgan fingerprint density at radius 1 is 0.605 bits per heavy atom. The number of ether oxygens (including phenoxy) is 4. The van der Waals surface area contributed by atoms with Gasteiger partial charge in [0.15, 0.2) is 17.3 Å². The first-order chi connectivity index (χ1) is 41.1. The molecule has 4 saturated heterocycles. The topological polar surface area (TPSA) is 180 Å². The first-order valence-electron chi connectivity index (χ1n) is 30.1. The number of hydrogen-bond donors (Lipinski definition) is 4. The summed E-state index contributed by atoms with van der Waals surface area (Å²) in [7, 11) is 0. The van der Waals surface area contributed by atoms with Crippen molar-refractivity contribution >= 4 is 23.2 Å². The molecule has 18 nitrogen and oxygen atoms in total. The fourth-order valence-corrected chi connectivity index (χ4v) is 13.2. The number of carbonyl (C=O) groups excluding carboxylic acids is 2. The molecule has 0 radical (unpaired) electrons. The Bertz CT molecular complexity index is 3380. The fourth-order valence-electron chi connectivity index (χ4n) is 13.2. The van der Waals surface area contributed by atoms with E-state index in [0.717, 1.165) is 17.2 Å². The number of nitrogens with one attached hydrogen (secondary N) is 4. The largest absolute Gasteiger partial charge is 0.488 e. The van der Waals surface area contributed by atoms with Crippen LogP contribution in [0.15, 0.2) is 82.4 Å². The number of aromatic amines is 2. The van der Waals surface area contributed by atoms with Gasteiger partial charge < -0.3 is 49.3 Å². The average Bonchev–Trinajstić information content (AvgIpc) is 1.72. The number of rotatable bonds is 18. The zero-order valence-electron chi connectivity index (χ0n) is 50.0. The van der Waals surface area contributed by atoms with Gasteiger partial charge in [0, 0.05) is 149 Å². The number of anilines is 2. The van der Waals surface area contributed by atoms with Crippen molar-refractivity contribution < 1.29 is 46.1 Å². The van der Waals surface area contributed by atoms with Gasteiger partial charge in [-0.25, -0.2) is 13.2 Å². The van der Waals surface area contributed by atoms with Crippen LogP contribution in [-0.4, -0.2) is 196 Å². The lowest BCUT2D eigenvalue weighted by atomic mass is 9.91. The van der Waals surface area contributed by atoms with Crippen molar-refractivity contribution in [3.8, 4) is 11.5 Å². The molecule has 4 N–H and O–H groups in total. The van der Waals surface area contributed by atoms with E-state index in [9.17, 15) is 28.0 Å². The lowest BCUT2D eigenvalue weighted by molar-refractivity contribution is -0.121. The number of fused-ring (bicyclic) bond motifs is 2. The van der Waals surface area contributed by atoms with Crippen LogP contribution >= 0.6 is 0 Å². The highest BCUT2D eigenvalue weighted by atomic mass is 19.1. The molecule has 5 aromatic rings.